The van der Waals surface area contributed by atoms with Gasteiger partial charge in [-0.2, -0.15) is 4.52 Å². The quantitative estimate of drug-likeness (QED) is 0.426. The number of hydrogen-bond donors (Lipinski definition) is 1. The Hall–Kier alpha value is -4.07. The molecule has 154 valence electrons. The molecule has 0 radical (unpaired) electrons. The molecule has 8 nitrogen and oxygen atoms in total. The maximum absolute atomic E-state index is 11.8. The fraction of sp³-hybridized carbons (Fsp3) is 0.174. The second-order valence-corrected chi connectivity index (χ2v) is 7.05. The number of aromatic nitrogens is 6. The van der Waals surface area contributed by atoms with Gasteiger partial charge in [-0.25, -0.2) is 15.0 Å². The second kappa shape index (κ2) is 7.98. The van der Waals surface area contributed by atoms with Crippen LogP contribution < -0.4 is 0 Å². The van der Waals surface area contributed by atoms with Crippen LogP contribution in [0.1, 0.15) is 19.2 Å². The van der Waals surface area contributed by atoms with Crippen LogP contribution in [-0.4, -0.2) is 42.1 Å². The second-order valence-electron chi connectivity index (χ2n) is 7.05. The predicted octanol–water partition coefficient (Wildman–Crippen LogP) is 3.83. The van der Waals surface area contributed by atoms with Gasteiger partial charge in [-0.05, 0) is 18.1 Å². The summed E-state index contributed by atoms with van der Waals surface area (Å²) >= 11 is 0. The standard InChI is InChI=1S/C23H20N6O2/c1-2-31-19(30)13-12-18-26-22-20(24-14-25-22)23-27-21(28-29(18)23)17-10-8-16(9-11-17)15-6-4-3-5-7-15/h3-11,14H,2,12-13H2,1H3,(H,24,25). The molecule has 5 aromatic rings. The Balaban J connectivity index is 1.53. The molecule has 0 saturated carbocycles. The number of carbonyl (C=O) groups is 1. The molecule has 2 aromatic carbocycles. The van der Waals surface area contributed by atoms with E-state index in [1.165, 1.54) is 0 Å². The minimum atomic E-state index is -0.267. The van der Waals surface area contributed by atoms with Crippen LogP contribution in [0, 0.1) is 0 Å². The van der Waals surface area contributed by atoms with Gasteiger partial charge >= 0.3 is 5.97 Å². The zero-order valence-corrected chi connectivity index (χ0v) is 16.9. The summed E-state index contributed by atoms with van der Waals surface area (Å²) in [6.07, 6.45) is 2.18. The average molecular weight is 412 g/mol. The highest BCUT2D eigenvalue weighted by Gasteiger charge is 2.17. The van der Waals surface area contributed by atoms with Crippen LogP contribution in [0.5, 0.6) is 0 Å². The predicted molar refractivity (Wildman–Crippen MR) is 116 cm³/mol. The Labute approximate surface area is 178 Å². The van der Waals surface area contributed by atoms with Crippen LogP contribution >= 0.6 is 0 Å². The van der Waals surface area contributed by atoms with Crippen LogP contribution in [0.3, 0.4) is 0 Å². The molecule has 31 heavy (non-hydrogen) atoms. The number of ether oxygens (including phenoxy) is 1. The highest BCUT2D eigenvalue weighted by molar-refractivity contribution is 5.86. The maximum Gasteiger partial charge on any atom is 0.306 e. The monoisotopic (exact) mass is 412 g/mol. The van der Waals surface area contributed by atoms with Crippen LogP contribution in [0.2, 0.25) is 0 Å². The van der Waals surface area contributed by atoms with Crippen molar-refractivity contribution in [2.45, 2.75) is 19.8 Å². The number of rotatable bonds is 6. The van der Waals surface area contributed by atoms with E-state index < -0.39 is 0 Å². The summed E-state index contributed by atoms with van der Waals surface area (Å²) in [6, 6.07) is 18.3. The number of nitrogens with one attached hydrogen (secondary N) is 1. The Morgan fingerprint density at radius 1 is 1.00 bits per heavy atom. The first-order chi connectivity index (χ1) is 15.2. The molecule has 5 rings (SSSR count). The third-order valence-corrected chi connectivity index (χ3v) is 5.04. The summed E-state index contributed by atoms with van der Waals surface area (Å²) in [5.74, 6) is 0.930. The van der Waals surface area contributed by atoms with E-state index in [4.69, 9.17) is 9.72 Å². The third-order valence-electron chi connectivity index (χ3n) is 5.04. The van der Waals surface area contributed by atoms with Crippen LogP contribution in [-0.2, 0) is 16.0 Å². The molecule has 3 aromatic heterocycles. The van der Waals surface area contributed by atoms with Gasteiger partial charge in [0.2, 0.25) is 0 Å². The number of benzene rings is 2. The molecule has 0 amide bonds. The largest absolute Gasteiger partial charge is 0.466 e. The van der Waals surface area contributed by atoms with E-state index in [0.29, 0.717) is 41.5 Å². The lowest BCUT2D eigenvalue weighted by Gasteiger charge is -2.04. The van der Waals surface area contributed by atoms with Gasteiger partial charge in [0.1, 0.15) is 11.3 Å². The average Bonchev–Trinajstić information content (AvgIpc) is 3.45. The molecular formula is C23H20N6O2. The van der Waals surface area contributed by atoms with E-state index in [-0.39, 0.29) is 12.4 Å². The molecule has 1 N–H and O–H groups in total. The first-order valence-electron chi connectivity index (χ1n) is 10.1. The van der Waals surface area contributed by atoms with E-state index in [0.717, 1.165) is 16.7 Å². The summed E-state index contributed by atoms with van der Waals surface area (Å²) in [6.45, 7) is 2.14. The normalized spacial score (nSPS) is 11.3. The van der Waals surface area contributed by atoms with E-state index in [1.54, 1.807) is 17.8 Å². The molecule has 0 fully saturated rings. The van der Waals surface area contributed by atoms with Crippen molar-refractivity contribution < 1.29 is 9.53 Å². The van der Waals surface area contributed by atoms with Crippen molar-refractivity contribution in [3.8, 4) is 22.5 Å². The highest BCUT2D eigenvalue weighted by Crippen LogP contribution is 2.25. The molecule has 3 heterocycles. The van der Waals surface area contributed by atoms with Crippen molar-refractivity contribution in [3.05, 3.63) is 66.7 Å². The number of esters is 1. The molecule has 0 atom stereocenters. The fourth-order valence-corrected chi connectivity index (χ4v) is 3.53. The van der Waals surface area contributed by atoms with Crippen molar-refractivity contribution in [1.82, 2.24) is 29.5 Å². The van der Waals surface area contributed by atoms with Crippen molar-refractivity contribution in [3.63, 3.8) is 0 Å². The lowest BCUT2D eigenvalue weighted by molar-refractivity contribution is -0.143. The minimum Gasteiger partial charge on any atom is -0.466 e. The summed E-state index contributed by atoms with van der Waals surface area (Å²) in [4.78, 5) is 28.5. The van der Waals surface area contributed by atoms with E-state index in [1.807, 2.05) is 30.3 Å². The molecule has 0 unspecified atom stereocenters. The Kier molecular flexibility index (Phi) is 4.87. The van der Waals surface area contributed by atoms with Gasteiger partial charge in [-0.1, -0.05) is 54.6 Å². The van der Waals surface area contributed by atoms with E-state index in [2.05, 4.69) is 44.3 Å². The third kappa shape index (κ3) is 3.63. The van der Waals surface area contributed by atoms with Gasteiger partial charge in [0.25, 0.3) is 0 Å². The van der Waals surface area contributed by atoms with Gasteiger partial charge in [-0.3, -0.25) is 4.79 Å². The van der Waals surface area contributed by atoms with Gasteiger partial charge < -0.3 is 9.72 Å². The number of fused-ring (bicyclic) bond motifs is 3. The number of imidazole rings is 1. The van der Waals surface area contributed by atoms with Gasteiger partial charge in [-0.15, -0.1) is 5.10 Å². The molecular weight excluding hydrogens is 392 g/mol. The van der Waals surface area contributed by atoms with Crippen molar-refractivity contribution in [2.75, 3.05) is 6.61 Å². The zero-order chi connectivity index (χ0) is 21.2. The number of hydrogen-bond acceptors (Lipinski definition) is 6. The molecule has 0 bridgehead atoms. The van der Waals surface area contributed by atoms with Crippen LogP contribution in [0.15, 0.2) is 60.9 Å². The fourth-order valence-electron chi connectivity index (χ4n) is 3.53. The molecule has 0 saturated heterocycles. The molecule has 0 aliphatic carbocycles. The van der Waals surface area contributed by atoms with E-state index in [9.17, 15) is 4.79 Å². The van der Waals surface area contributed by atoms with Crippen molar-refractivity contribution >= 4 is 22.8 Å². The number of H-pyrrole nitrogens is 1. The SMILES string of the molecule is CCOC(=O)CCc1nc2nc[nH]c2c2nc(-c3ccc(-c4ccccc4)cc3)nn12. The highest BCUT2D eigenvalue weighted by atomic mass is 16.5. The van der Waals surface area contributed by atoms with Gasteiger partial charge in [0.15, 0.2) is 17.1 Å². The Morgan fingerprint density at radius 2 is 1.74 bits per heavy atom. The number of nitrogens with zero attached hydrogens (tertiary/aromatic N) is 5. The summed E-state index contributed by atoms with van der Waals surface area (Å²) < 4.78 is 6.72. The van der Waals surface area contributed by atoms with Gasteiger partial charge in [0.05, 0.1) is 19.4 Å². The molecule has 0 aliphatic heterocycles. The maximum atomic E-state index is 11.8. The lowest BCUT2D eigenvalue weighted by atomic mass is 10.0. The van der Waals surface area contributed by atoms with Crippen molar-refractivity contribution in [1.29, 1.82) is 0 Å². The van der Waals surface area contributed by atoms with Crippen LogP contribution in [0.4, 0.5) is 0 Å². The van der Waals surface area contributed by atoms with Crippen molar-refractivity contribution in [2.24, 2.45) is 0 Å². The van der Waals surface area contributed by atoms with Gasteiger partial charge in [0, 0.05) is 12.0 Å². The van der Waals surface area contributed by atoms with E-state index >= 15 is 0 Å². The lowest BCUT2D eigenvalue weighted by Crippen LogP contribution is -2.09. The smallest absolute Gasteiger partial charge is 0.306 e. The topological polar surface area (TPSA) is 98.1 Å². The first-order valence-corrected chi connectivity index (χ1v) is 10.1. The Morgan fingerprint density at radius 3 is 2.52 bits per heavy atom. The Bertz CT molecular complexity index is 1360. The zero-order valence-electron chi connectivity index (χ0n) is 16.9. The number of aromatic amines is 1. The summed E-state index contributed by atoms with van der Waals surface area (Å²) in [5, 5.41) is 4.68. The molecule has 8 heteroatoms. The molecule has 0 spiro atoms. The number of aryl methyl sites for hydroxylation is 1. The summed E-state index contributed by atoms with van der Waals surface area (Å²) in [7, 11) is 0. The molecule has 0 aliphatic rings. The first kappa shape index (κ1) is 18.9. The minimum absolute atomic E-state index is 0.215. The van der Waals surface area contributed by atoms with Crippen LogP contribution in [0.25, 0.3) is 39.3 Å². The summed E-state index contributed by atoms with van der Waals surface area (Å²) in [5.41, 5.74) is 5.06. The number of carbonyl (C=O) groups excluding carboxylic acids is 1.